The highest BCUT2D eigenvalue weighted by Crippen LogP contribution is 2.15. The quantitative estimate of drug-likeness (QED) is 0.725. The monoisotopic (exact) mass is 198 g/mol. The highest BCUT2D eigenvalue weighted by Gasteiger charge is 2.18. The lowest BCUT2D eigenvalue weighted by Crippen LogP contribution is -2.45. The topological polar surface area (TPSA) is 24.1 Å². The molecule has 0 amide bonds. The van der Waals surface area contributed by atoms with Gasteiger partial charge in [0.05, 0.1) is 0 Å². The van der Waals surface area contributed by atoms with Crippen LogP contribution in [-0.2, 0) is 0 Å². The largest absolute Gasteiger partial charge is 0.315 e. The molecule has 1 aliphatic rings. The molecule has 2 nitrogen and oxygen atoms in total. The predicted octanol–water partition coefficient (Wildman–Crippen LogP) is 2.01. The van der Waals surface area contributed by atoms with E-state index in [0.29, 0.717) is 11.5 Å². The van der Waals surface area contributed by atoms with E-state index in [2.05, 4.69) is 38.3 Å². The van der Waals surface area contributed by atoms with Gasteiger partial charge in [0.1, 0.15) is 0 Å². The minimum atomic E-state index is 0.403. The summed E-state index contributed by atoms with van der Waals surface area (Å²) in [5.41, 5.74) is 0.403. The zero-order valence-corrected chi connectivity index (χ0v) is 10.2. The van der Waals surface area contributed by atoms with Crippen LogP contribution in [0.25, 0.3) is 0 Å². The van der Waals surface area contributed by atoms with E-state index in [9.17, 15) is 0 Å². The Balaban J connectivity index is 2.12. The van der Waals surface area contributed by atoms with Gasteiger partial charge in [-0.1, -0.05) is 27.7 Å². The van der Waals surface area contributed by atoms with Crippen molar-refractivity contribution in [3.05, 3.63) is 0 Å². The molecule has 0 radical (unpaired) electrons. The van der Waals surface area contributed by atoms with Crippen molar-refractivity contribution in [2.24, 2.45) is 11.3 Å². The van der Waals surface area contributed by atoms with Crippen LogP contribution in [0.4, 0.5) is 0 Å². The molecule has 84 valence electrons. The molecule has 0 saturated carbocycles. The highest BCUT2D eigenvalue weighted by atomic mass is 15.0. The molecular weight excluding hydrogens is 172 g/mol. The smallest absolute Gasteiger partial charge is 0.0195 e. The van der Waals surface area contributed by atoms with Gasteiger partial charge < -0.3 is 10.6 Å². The molecule has 1 saturated heterocycles. The fourth-order valence-electron chi connectivity index (χ4n) is 2.00. The Morgan fingerprint density at radius 1 is 1.36 bits per heavy atom. The molecule has 2 N–H and O–H groups in total. The Morgan fingerprint density at radius 2 is 2.07 bits per heavy atom. The first-order valence-corrected chi connectivity index (χ1v) is 5.91. The Bertz CT molecular complexity index is 160. The molecular formula is C12H26N2. The molecule has 2 heteroatoms. The summed E-state index contributed by atoms with van der Waals surface area (Å²) in [5, 5.41) is 7.13. The van der Waals surface area contributed by atoms with E-state index in [1.54, 1.807) is 0 Å². The lowest BCUT2D eigenvalue weighted by atomic mass is 9.93. The van der Waals surface area contributed by atoms with Crippen molar-refractivity contribution in [3.8, 4) is 0 Å². The molecule has 2 atom stereocenters. The van der Waals surface area contributed by atoms with Gasteiger partial charge in [0.15, 0.2) is 0 Å². The molecule has 2 unspecified atom stereocenters. The average Bonchev–Trinajstić information content (AvgIpc) is 2.01. The van der Waals surface area contributed by atoms with E-state index in [4.69, 9.17) is 0 Å². The number of piperidine rings is 1. The summed E-state index contributed by atoms with van der Waals surface area (Å²) in [7, 11) is 0. The number of rotatable bonds is 3. The normalized spacial score (nSPS) is 29.1. The molecule has 14 heavy (non-hydrogen) atoms. The fourth-order valence-corrected chi connectivity index (χ4v) is 2.00. The van der Waals surface area contributed by atoms with Crippen LogP contribution >= 0.6 is 0 Å². The van der Waals surface area contributed by atoms with Gasteiger partial charge in [0.25, 0.3) is 0 Å². The first kappa shape index (κ1) is 12.0. The highest BCUT2D eigenvalue weighted by molar-refractivity contribution is 4.78. The second kappa shape index (κ2) is 5.13. The maximum Gasteiger partial charge on any atom is 0.0195 e. The van der Waals surface area contributed by atoms with Gasteiger partial charge in [-0.15, -0.1) is 0 Å². The lowest BCUT2D eigenvalue weighted by molar-refractivity contribution is 0.295. The van der Waals surface area contributed by atoms with E-state index >= 15 is 0 Å². The second-order valence-corrected chi connectivity index (χ2v) is 5.97. The summed E-state index contributed by atoms with van der Waals surface area (Å²) >= 11 is 0. The summed E-state index contributed by atoms with van der Waals surface area (Å²) in [6.45, 7) is 12.6. The Morgan fingerprint density at radius 3 is 2.64 bits per heavy atom. The average molecular weight is 198 g/mol. The van der Waals surface area contributed by atoms with Gasteiger partial charge >= 0.3 is 0 Å². The third kappa shape index (κ3) is 4.97. The summed E-state index contributed by atoms with van der Waals surface area (Å²) < 4.78 is 0. The molecule has 0 aromatic rings. The van der Waals surface area contributed by atoms with Crippen LogP contribution in [0.1, 0.15) is 40.5 Å². The zero-order valence-electron chi connectivity index (χ0n) is 10.2. The van der Waals surface area contributed by atoms with Gasteiger partial charge in [0.2, 0.25) is 0 Å². The third-order valence-corrected chi connectivity index (χ3v) is 2.80. The van der Waals surface area contributed by atoms with Gasteiger partial charge in [-0.3, -0.25) is 0 Å². The molecule has 1 heterocycles. The summed E-state index contributed by atoms with van der Waals surface area (Å²) in [4.78, 5) is 0. The van der Waals surface area contributed by atoms with Gasteiger partial charge in [-0.05, 0) is 30.7 Å². The zero-order chi connectivity index (χ0) is 10.6. The molecule has 1 aliphatic heterocycles. The maximum atomic E-state index is 3.57. The number of hydrogen-bond acceptors (Lipinski definition) is 2. The minimum absolute atomic E-state index is 0.403. The predicted molar refractivity (Wildman–Crippen MR) is 62.5 cm³/mol. The van der Waals surface area contributed by atoms with Crippen LogP contribution in [0.5, 0.6) is 0 Å². The molecule has 0 aromatic carbocycles. The standard InChI is InChI=1S/C12H26N2/c1-10-5-6-14-11(7-10)8-13-9-12(2,3)4/h10-11,13-14H,5-9H2,1-4H3. The van der Waals surface area contributed by atoms with Crippen molar-refractivity contribution in [1.82, 2.24) is 10.6 Å². The van der Waals surface area contributed by atoms with Crippen molar-refractivity contribution >= 4 is 0 Å². The van der Waals surface area contributed by atoms with Crippen LogP contribution in [0.3, 0.4) is 0 Å². The summed E-state index contributed by atoms with van der Waals surface area (Å²) in [6.07, 6.45) is 2.67. The van der Waals surface area contributed by atoms with Crippen LogP contribution < -0.4 is 10.6 Å². The fraction of sp³-hybridized carbons (Fsp3) is 1.00. The van der Waals surface area contributed by atoms with E-state index in [1.807, 2.05) is 0 Å². The molecule has 1 fully saturated rings. The van der Waals surface area contributed by atoms with Gasteiger partial charge in [-0.25, -0.2) is 0 Å². The summed E-state index contributed by atoms with van der Waals surface area (Å²) in [6, 6.07) is 0.695. The number of nitrogens with one attached hydrogen (secondary N) is 2. The first-order chi connectivity index (χ1) is 6.47. The Labute approximate surface area is 88.8 Å². The maximum absolute atomic E-state index is 3.57. The van der Waals surface area contributed by atoms with Crippen molar-refractivity contribution in [1.29, 1.82) is 0 Å². The van der Waals surface area contributed by atoms with Crippen LogP contribution in [-0.4, -0.2) is 25.7 Å². The first-order valence-electron chi connectivity index (χ1n) is 5.91. The van der Waals surface area contributed by atoms with Crippen molar-refractivity contribution in [2.75, 3.05) is 19.6 Å². The van der Waals surface area contributed by atoms with E-state index in [0.717, 1.165) is 19.0 Å². The summed E-state index contributed by atoms with van der Waals surface area (Å²) in [5.74, 6) is 0.901. The van der Waals surface area contributed by atoms with E-state index in [-0.39, 0.29) is 0 Å². The van der Waals surface area contributed by atoms with Gasteiger partial charge in [0, 0.05) is 19.1 Å². The Hall–Kier alpha value is -0.0800. The van der Waals surface area contributed by atoms with Crippen molar-refractivity contribution in [2.45, 2.75) is 46.6 Å². The minimum Gasteiger partial charge on any atom is -0.315 e. The van der Waals surface area contributed by atoms with E-state index < -0.39 is 0 Å². The van der Waals surface area contributed by atoms with Crippen LogP contribution in [0.15, 0.2) is 0 Å². The molecule has 0 aromatic heterocycles. The third-order valence-electron chi connectivity index (χ3n) is 2.80. The van der Waals surface area contributed by atoms with E-state index in [1.165, 1.54) is 19.4 Å². The lowest BCUT2D eigenvalue weighted by Gasteiger charge is -2.29. The molecule has 1 rings (SSSR count). The molecule has 0 aliphatic carbocycles. The molecule has 0 bridgehead atoms. The van der Waals surface area contributed by atoms with Crippen LogP contribution in [0, 0.1) is 11.3 Å². The SMILES string of the molecule is CC1CCNC(CNCC(C)(C)C)C1. The molecule has 0 spiro atoms. The Kier molecular flexibility index (Phi) is 4.39. The number of hydrogen-bond donors (Lipinski definition) is 2. The van der Waals surface area contributed by atoms with Crippen molar-refractivity contribution < 1.29 is 0 Å². The van der Waals surface area contributed by atoms with Crippen LogP contribution in [0.2, 0.25) is 0 Å². The van der Waals surface area contributed by atoms with Gasteiger partial charge in [-0.2, -0.15) is 0 Å². The second-order valence-electron chi connectivity index (χ2n) is 5.97. The van der Waals surface area contributed by atoms with Crippen molar-refractivity contribution in [3.63, 3.8) is 0 Å².